The number of hydrogen-bond donors (Lipinski definition) is 2. The molecule has 1 rings (SSSR count). The van der Waals surface area contributed by atoms with Crippen molar-refractivity contribution in [2.75, 3.05) is 11.6 Å². The van der Waals surface area contributed by atoms with Crippen LogP contribution in [-0.4, -0.2) is 17.8 Å². The molecule has 0 spiro atoms. The number of thioether (sulfide) groups is 1. The lowest BCUT2D eigenvalue weighted by Gasteiger charge is -2.14. The van der Waals surface area contributed by atoms with Gasteiger partial charge in [0.1, 0.15) is 0 Å². The van der Waals surface area contributed by atoms with E-state index < -0.39 is 0 Å². The second kappa shape index (κ2) is 5.25. The molecule has 0 bridgehead atoms. The Morgan fingerprint density at radius 2 is 2.06 bits per heavy atom. The molecule has 0 aliphatic heterocycles. The fraction of sp³-hybridized carbons (Fsp3) is 0.417. The third kappa shape index (κ3) is 4.57. The highest BCUT2D eigenvalue weighted by Gasteiger charge is 2.08. The first kappa shape index (κ1) is 12.9. The number of rotatable bonds is 2. The quantitative estimate of drug-likeness (QED) is 0.472. The largest absolute Gasteiger partial charge is 0.370 e. The molecule has 0 aromatic heterocycles. The molecule has 16 heavy (non-hydrogen) atoms. The summed E-state index contributed by atoms with van der Waals surface area (Å²) in [5.74, 6) is 0.450. The van der Waals surface area contributed by atoms with E-state index >= 15 is 0 Å². The minimum atomic E-state index is -0.159. The van der Waals surface area contributed by atoms with Crippen molar-refractivity contribution in [3.05, 3.63) is 24.3 Å². The Balaban J connectivity index is 2.77. The number of nitrogens with zero attached hydrogens (tertiary/aromatic N) is 1. The van der Waals surface area contributed by atoms with Gasteiger partial charge in [-0.05, 0) is 45.2 Å². The molecule has 0 saturated heterocycles. The van der Waals surface area contributed by atoms with Crippen LogP contribution in [0.4, 0.5) is 5.69 Å². The Bertz CT molecular complexity index is 380. The van der Waals surface area contributed by atoms with Gasteiger partial charge in [-0.3, -0.25) is 0 Å². The minimum Gasteiger partial charge on any atom is -0.370 e. The van der Waals surface area contributed by atoms with Crippen LogP contribution >= 0.6 is 11.8 Å². The zero-order valence-electron chi connectivity index (χ0n) is 10.2. The summed E-state index contributed by atoms with van der Waals surface area (Å²) in [6.07, 6.45) is 2.05. The summed E-state index contributed by atoms with van der Waals surface area (Å²) in [6.45, 7) is 6.04. The molecule has 1 aromatic carbocycles. The number of hydrogen-bond acceptors (Lipinski definition) is 2. The zero-order valence-corrected chi connectivity index (χ0v) is 11.1. The fourth-order valence-corrected chi connectivity index (χ4v) is 1.70. The minimum absolute atomic E-state index is 0.159. The van der Waals surface area contributed by atoms with Crippen LogP contribution in [0.1, 0.15) is 20.8 Å². The van der Waals surface area contributed by atoms with E-state index in [0.29, 0.717) is 5.96 Å². The van der Waals surface area contributed by atoms with Gasteiger partial charge >= 0.3 is 0 Å². The van der Waals surface area contributed by atoms with Gasteiger partial charge in [-0.25, -0.2) is 4.99 Å². The van der Waals surface area contributed by atoms with Crippen molar-refractivity contribution in [2.24, 2.45) is 10.7 Å². The number of nitrogens with one attached hydrogen (secondary N) is 1. The van der Waals surface area contributed by atoms with Gasteiger partial charge in [0.05, 0.1) is 5.54 Å². The van der Waals surface area contributed by atoms with Gasteiger partial charge in [0.25, 0.3) is 0 Å². The van der Waals surface area contributed by atoms with Crippen molar-refractivity contribution in [1.82, 2.24) is 0 Å². The first-order chi connectivity index (χ1) is 7.40. The molecular formula is C12H19N3S. The molecule has 0 unspecified atom stereocenters. The Morgan fingerprint density at radius 1 is 1.38 bits per heavy atom. The number of aliphatic imine (C=N–C) groups is 1. The fourth-order valence-electron chi connectivity index (χ4n) is 1.24. The number of nitrogens with two attached hydrogens (primary N) is 1. The topological polar surface area (TPSA) is 50.4 Å². The van der Waals surface area contributed by atoms with E-state index in [1.807, 2.05) is 39.2 Å². The first-order valence-electron chi connectivity index (χ1n) is 5.17. The third-order valence-electron chi connectivity index (χ3n) is 1.80. The van der Waals surface area contributed by atoms with Crippen LogP contribution in [0, 0.1) is 0 Å². The normalized spacial score (nSPS) is 12.6. The van der Waals surface area contributed by atoms with Gasteiger partial charge in [0, 0.05) is 10.6 Å². The van der Waals surface area contributed by atoms with Crippen molar-refractivity contribution in [3.8, 4) is 0 Å². The summed E-state index contributed by atoms with van der Waals surface area (Å²) >= 11 is 1.70. The molecule has 0 aliphatic carbocycles. The number of benzene rings is 1. The molecule has 0 fully saturated rings. The van der Waals surface area contributed by atoms with Crippen LogP contribution < -0.4 is 11.1 Å². The lowest BCUT2D eigenvalue weighted by molar-refractivity contribution is 0.583. The zero-order chi connectivity index (χ0) is 12.2. The summed E-state index contributed by atoms with van der Waals surface area (Å²) in [5.41, 5.74) is 6.63. The molecule has 3 nitrogen and oxygen atoms in total. The third-order valence-corrected chi connectivity index (χ3v) is 2.52. The Labute approximate surface area is 102 Å². The Kier molecular flexibility index (Phi) is 4.24. The molecular weight excluding hydrogens is 218 g/mol. The maximum absolute atomic E-state index is 5.82. The SMILES string of the molecule is CSc1cccc(NC(N)=NC(C)(C)C)c1. The number of anilines is 1. The molecule has 0 amide bonds. The van der Waals surface area contributed by atoms with Crippen LogP contribution in [-0.2, 0) is 0 Å². The van der Waals surface area contributed by atoms with Gasteiger partial charge in [-0.2, -0.15) is 0 Å². The van der Waals surface area contributed by atoms with Crippen LogP contribution in [0.5, 0.6) is 0 Å². The smallest absolute Gasteiger partial charge is 0.193 e. The Hall–Kier alpha value is -1.16. The average Bonchev–Trinajstić information content (AvgIpc) is 2.15. The summed E-state index contributed by atoms with van der Waals surface area (Å²) < 4.78 is 0. The lowest BCUT2D eigenvalue weighted by Crippen LogP contribution is -2.27. The summed E-state index contributed by atoms with van der Waals surface area (Å²) in [4.78, 5) is 5.54. The standard InChI is InChI=1S/C12H19N3S/c1-12(2,3)15-11(13)14-9-6-5-7-10(8-9)16-4/h5-8H,1-4H3,(H3,13,14,15). The van der Waals surface area contributed by atoms with Gasteiger partial charge in [0.2, 0.25) is 0 Å². The Morgan fingerprint density at radius 3 is 2.62 bits per heavy atom. The lowest BCUT2D eigenvalue weighted by atomic mass is 10.1. The predicted octanol–water partition coefficient (Wildman–Crippen LogP) is 2.93. The number of guanidine groups is 1. The highest BCUT2D eigenvalue weighted by Crippen LogP contribution is 2.18. The van der Waals surface area contributed by atoms with E-state index in [2.05, 4.69) is 22.4 Å². The van der Waals surface area contributed by atoms with Crippen LogP contribution in [0.2, 0.25) is 0 Å². The van der Waals surface area contributed by atoms with Gasteiger partial charge < -0.3 is 11.1 Å². The van der Waals surface area contributed by atoms with Crippen LogP contribution in [0.15, 0.2) is 34.2 Å². The molecule has 4 heteroatoms. The monoisotopic (exact) mass is 237 g/mol. The maximum atomic E-state index is 5.82. The maximum Gasteiger partial charge on any atom is 0.193 e. The second-order valence-corrected chi connectivity index (χ2v) is 5.40. The molecule has 3 N–H and O–H groups in total. The highest BCUT2D eigenvalue weighted by atomic mass is 32.2. The molecule has 0 heterocycles. The van der Waals surface area contributed by atoms with E-state index in [-0.39, 0.29) is 5.54 Å². The van der Waals surface area contributed by atoms with Crippen molar-refractivity contribution in [1.29, 1.82) is 0 Å². The van der Waals surface area contributed by atoms with Gasteiger partial charge in [-0.15, -0.1) is 11.8 Å². The average molecular weight is 237 g/mol. The molecule has 88 valence electrons. The van der Waals surface area contributed by atoms with Gasteiger partial charge in [0.15, 0.2) is 5.96 Å². The van der Waals surface area contributed by atoms with E-state index in [4.69, 9.17) is 5.73 Å². The molecule has 0 atom stereocenters. The summed E-state index contributed by atoms with van der Waals surface area (Å²) in [7, 11) is 0. The molecule has 0 saturated carbocycles. The van der Waals surface area contributed by atoms with E-state index in [0.717, 1.165) is 5.69 Å². The van der Waals surface area contributed by atoms with E-state index in [1.165, 1.54) is 4.90 Å². The second-order valence-electron chi connectivity index (χ2n) is 4.52. The van der Waals surface area contributed by atoms with Crippen molar-refractivity contribution in [2.45, 2.75) is 31.2 Å². The predicted molar refractivity (Wildman–Crippen MR) is 73.2 cm³/mol. The summed E-state index contributed by atoms with van der Waals surface area (Å²) in [5, 5.41) is 3.09. The molecule has 1 aromatic rings. The first-order valence-corrected chi connectivity index (χ1v) is 6.39. The molecule has 0 aliphatic rings. The van der Waals surface area contributed by atoms with Crippen molar-refractivity contribution >= 4 is 23.4 Å². The van der Waals surface area contributed by atoms with Crippen LogP contribution in [0.3, 0.4) is 0 Å². The molecule has 0 radical (unpaired) electrons. The van der Waals surface area contributed by atoms with Crippen LogP contribution in [0.25, 0.3) is 0 Å². The highest BCUT2D eigenvalue weighted by molar-refractivity contribution is 7.98. The van der Waals surface area contributed by atoms with E-state index in [1.54, 1.807) is 11.8 Å². The van der Waals surface area contributed by atoms with E-state index in [9.17, 15) is 0 Å². The van der Waals surface area contributed by atoms with Gasteiger partial charge in [-0.1, -0.05) is 6.07 Å². The summed E-state index contributed by atoms with van der Waals surface area (Å²) in [6, 6.07) is 8.09. The van der Waals surface area contributed by atoms with Crippen molar-refractivity contribution < 1.29 is 0 Å². The van der Waals surface area contributed by atoms with Crippen molar-refractivity contribution in [3.63, 3.8) is 0 Å².